The molecule has 85 heavy (non-hydrogen) atoms. The van der Waals surface area contributed by atoms with Crippen molar-refractivity contribution in [1.82, 2.24) is 0 Å². The van der Waals surface area contributed by atoms with Crippen LogP contribution in [0.2, 0.25) is 0 Å². The van der Waals surface area contributed by atoms with E-state index in [0.29, 0.717) is 38.5 Å². The second kappa shape index (κ2) is 25.7. The highest BCUT2D eigenvalue weighted by Gasteiger charge is 2.64. The first kappa shape index (κ1) is 67.5. The van der Waals surface area contributed by atoms with Gasteiger partial charge in [0.2, 0.25) is 0 Å². The van der Waals surface area contributed by atoms with Crippen molar-refractivity contribution in [2.24, 2.45) is 40.4 Å². The summed E-state index contributed by atoms with van der Waals surface area (Å²) >= 11 is 0. The van der Waals surface area contributed by atoms with Crippen molar-refractivity contribution in [3.05, 3.63) is 11.6 Å². The molecule has 0 amide bonds. The Hall–Kier alpha value is -1.89. The molecule has 0 spiro atoms. The van der Waals surface area contributed by atoms with E-state index in [1.165, 1.54) is 34.6 Å². The van der Waals surface area contributed by atoms with Crippen LogP contribution in [0.4, 0.5) is 0 Å². The van der Waals surface area contributed by atoms with Crippen LogP contribution in [0.25, 0.3) is 0 Å². The van der Waals surface area contributed by atoms with Crippen molar-refractivity contribution >= 4 is 22.0 Å². The summed E-state index contributed by atoms with van der Waals surface area (Å²) in [5.41, 5.74) is -1.28. The van der Waals surface area contributed by atoms with Crippen LogP contribution in [-0.4, -0.2) is 246 Å². The number of carbonyl (C=O) groups excluding carboxylic acids is 2. The number of fused-ring (bicyclic) bond motifs is 5. The fourth-order valence-corrected chi connectivity index (χ4v) is 16.4. The van der Waals surface area contributed by atoms with Gasteiger partial charge in [-0.3, -0.25) is 14.1 Å². The molecule has 4 aliphatic carbocycles. The first-order valence-electron chi connectivity index (χ1n) is 30.1. The van der Waals surface area contributed by atoms with Gasteiger partial charge in [-0.05, 0) is 127 Å². The molecule has 0 aromatic heterocycles. The van der Waals surface area contributed by atoms with Gasteiger partial charge in [-0.2, -0.15) is 8.42 Å². The molecule has 28 heteroatoms. The number of hydrogen-bond acceptors (Lipinski definition) is 26. The number of ketones is 2. The largest absolute Gasteiger partial charge is 0.397 e. The van der Waals surface area contributed by atoms with Crippen LogP contribution < -0.4 is 0 Å². The molecule has 488 valence electrons. The molecule has 27 nitrogen and oxygen atoms in total. The molecule has 3 saturated carbocycles. The molecule has 5 aliphatic heterocycles. The standard InChI is InChI=1S/C57H92O27S/c1-21(2)17-27(58)20-57(10,70)34-12-11-30-29-19-33(32-18-28(84-85(71,72)73)13-15-55(32,8)31(29)14-16-56(30,34)9)79-52-45(69)47(38(62)25(6)76-52)81-54-49(83-51-43(67)40(64)36(60)23(4)75-51)44(68)46(26(7)78-54)80-53-48(41(65)37(61)24(5)77-53)82-50-42(66)39(63)35(59)22(3)74-50/h14,21-26,28-30,32-37,39-54,59-61,63-70H,11-13,15-20H2,1-10H3,(H,71,72,73). The summed E-state index contributed by atoms with van der Waals surface area (Å²) in [6.45, 7) is 16.9. The number of carbonyl (C=O) groups is 2. The third-order valence-electron chi connectivity index (χ3n) is 20.4. The van der Waals surface area contributed by atoms with Crippen LogP contribution in [0.15, 0.2) is 11.6 Å². The smallest absolute Gasteiger partial charge is 0.389 e. The van der Waals surface area contributed by atoms with Crippen molar-refractivity contribution in [2.45, 2.75) is 292 Å². The van der Waals surface area contributed by atoms with Crippen molar-refractivity contribution in [2.75, 3.05) is 0 Å². The number of hydrogen-bond donors (Lipinski definition) is 12. The lowest BCUT2D eigenvalue weighted by Gasteiger charge is -2.60. The molecule has 0 radical (unpaired) electrons. The van der Waals surface area contributed by atoms with Gasteiger partial charge in [0.15, 0.2) is 43.3 Å². The van der Waals surface area contributed by atoms with E-state index in [9.17, 15) is 78.7 Å². The Bertz CT molecular complexity index is 2490. The zero-order chi connectivity index (χ0) is 62.5. The fraction of sp³-hybridized carbons (Fsp3) is 0.930. The highest BCUT2D eigenvalue weighted by Crippen LogP contribution is 2.67. The van der Waals surface area contributed by atoms with Crippen LogP contribution in [0.5, 0.6) is 0 Å². The quantitative estimate of drug-likeness (QED) is 0.0610. The average molecular weight is 1240 g/mol. The monoisotopic (exact) mass is 1240 g/mol. The van der Waals surface area contributed by atoms with Gasteiger partial charge in [0.1, 0.15) is 91.2 Å². The summed E-state index contributed by atoms with van der Waals surface area (Å²) in [4.78, 5) is 27.6. The first-order valence-corrected chi connectivity index (χ1v) is 31.4. The van der Waals surface area contributed by atoms with Gasteiger partial charge in [-0.1, -0.05) is 39.3 Å². The van der Waals surface area contributed by atoms with Gasteiger partial charge in [-0.25, -0.2) is 4.18 Å². The lowest BCUT2D eigenvalue weighted by atomic mass is 9.47. The van der Waals surface area contributed by atoms with Crippen LogP contribution in [-0.2, 0) is 71.5 Å². The first-order chi connectivity index (χ1) is 39.6. The Morgan fingerprint density at radius 3 is 1.73 bits per heavy atom. The predicted molar refractivity (Wildman–Crippen MR) is 288 cm³/mol. The average Bonchev–Trinajstić information content (AvgIpc) is 1.84. The van der Waals surface area contributed by atoms with Gasteiger partial charge in [-0.15, -0.1) is 0 Å². The molecule has 33 unspecified atom stereocenters. The third kappa shape index (κ3) is 13.3. The Morgan fingerprint density at radius 1 is 0.635 bits per heavy atom. The van der Waals surface area contributed by atoms with E-state index in [0.717, 1.165) is 5.57 Å². The zero-order valence-corrected chi connectivity index (χ0v) is 50.6. The van der Waals surface area contributed by atoms with E-state index in [4.69, 9.17) is 51.6 Å². The number of allylic oxidation sites excluding steroid dienone is 2. The number of rotatable bonds is 17. The van der Waals surface area contributed by atoms with Crippen LogP contribution in [0, 0.1) is 40.4 Å². The maximum Gasteiger partial charge on any atom is 0.397 e. The third-order valence-corrected chi connectivity index (χ3v) is 20.9. The lowest BCUT2D eigenvalue weighted by Crippen LogP contribution is -2.67. The summed E-state index contributed by atoms with van der Waals surface area (Å²) in [7, 11) is -4.89. The van der Waals surface area contributed by atoms with Gasteiger partial charge >= 0.3 is 10.4 Å². The molecular formula is C57H92O27S. The van der Waals surface area contributed by atoms with Crippen molar-refractivity contribution < 1.29 is 130 Å². The van der Waals surface area contributed by atoms with Gasteiger partial charge < -0.3 is 104 Å². The topological polar surface area (TPSA) is 413 Å². The highest BCUT2D eigenvalue weighted by molar-refractivity contribution is 7.80. The van der Waals surface area contributed by atoms with E-state index in [2.05, 4.69) is 19.9 Å². The zero-order valence-electron chi connectivity index (χ0n) is 49.7. The number of ether oxygens (including phenoxy) is 10. The van der Waals surface area contributed by atoms with E-state index in [1.807, 2.05) is 13.8 Å². The molecule has 9 rings (SSSR count). The maximum absolute atomic E-state index is 14.4. The molecule has 0 aromatic rings. The minimum absolute atomic E-state index is 0.00928. The summed E-state index contributed by atoms with van der Waals surface area (Å²) in [6, 6.07) is 0. The Morgan fingerprint density at radius 2 is 1.15 bits per heavy atom. The molecule has 12 N–H and O–H groups in total. The van der Waals surface area contributed by atoms with E-state index in [-0.39, 0.29) is 48.7 Å². The number of aliphatic hydroxyl groups excluding tert-OH is 10. The molecule has 5 heterocycles. The van der Waals surface area contributed by atoms with Gasteiger partial charge in [0, 0.05) is 12.8 Å². The lowest BCUT2D eigenvalue weighted by molar-refractivity contribution is -0.399. The minimum Gasteiger partial charge on any atom is -0.389 e. The molecular weight excluding hydrogens is 1150 g/mol. The van der Waals surface area contributed by atoms with Crippen LogP contribution >= 0.6 is 0 Å². The second-order valence-electron chi connectivity index (χ2n) is 26.9. The van der Waals surface area contributed by atoms with Crippen molar-refractivity contribution in [1.29, 1.82) is 0 Å². The van der Waals surface area contributed by atoms with Crippen LogP contribution in [0.3, 0.4) is 0 Å². The van der Waals surface area contributed by atoms with Crippen LogP contribution in [0.1, 0.15) is 127 Å². The Balaban J connectivity index is 0.992. The van der Waals surface area contributed by atoms with E-state index >= 15 is 0 Å². The summed E-state index contributed by atoms with van der Waals surface area (Å²) in [5.74, 6) is -1.64. The summed E-state index contributed by atoms with van der Waals surface area (Å²) in [6.07, 6.45) is -36.2. The predicted octanol–water partition coefficient (Wildman–Crippen LogP) is -1.05. The molecule has 9 aliphatic rings. The van der Waals surface area contributed by atoms with Gasteiger partial charge in [0.25, 0.3) is 0 Å². The van der Waals surface area contributed by atoms with Gasteiger partial charge in [0.05, 0.1) is 42.2 Å². The van der Waals surface area contributed by atoms with Crippen molar-refractivity contribution in [3.63, 3.8) is 0 Å². The number of Topliss-reactive ketones (excluding diaryl/α,β-unsaturated/α-hetero) is 2. The second-order valence-corrected chi connectivity index (χ2v) is 27.9. The summed E-state index contributed by atoms with van der Waals surface area (Å²) < 4.78 is 101. The van der Waals surface area contributed by atoms with Crippen molar-refractivity contribution in [3.8, 4) is 0 Å². The normalized spacial score (nSPS) is 51.3. The van der Waals surface area contributed by atoms with E-state index in [1.54, 1.807) is 6.92 Å². The fourth-order valence-electron chi connectivity index (χ4n) is 15.9. The Labute approximate surface area is 495 Å². The molecule has 0 aromatic carbocycles. The molecule has 33 atom stereocenters. The molecule has 5 saturated heterocycles. The number of aliphatic hydroxyl groups is 11. The molecule has 8 fully saturated rings. The van der Waals surface area contributed by atoms with E-state index < -0.39 is 198 Å². The Kier molecular flexibility index (Phi) is 20.4. The summed E-state index contributed by atoms with van der Waals surface area (Å²) in [5, 5.41) is 124. The SMILES string of the molecule is CC(C)CC(=O)CC(C)(O)C1CCC2C3CC(OC4OC(C)C(=O)C(OC5OC(C)C(OC6OC(C)C(O)C(O)C6OC6OC(C)C(O)C(O)C6O)C(O)C5OC5OC(C)C(O)C(O)C5O)C4O)C4CC(OS(=O)(=O)O)CCC4(C)C3=CCC21C. The minimum atomic E-state index is -4.89. The maximum atomic E-state index is 14.4. The highest BCUT2D eigenvalue weighted by atomic mass is 32.3. The molecule has 0 bridgehead atoms.